The fourth-order valence-corrected chi connectivity index (χ4v) is 2.88. The summed E-state index contributed by atoms with van der Waals surface area (Å²) in [6.07, 6.45) is 0. The van der Waals surface area contributed by atoms with Gasteiger partial charge in [-0.25, -0.2) is 4.79 Å². The Hall–Kier alpha value is -3.09. The molecule has 7 heteroatoms. The maximum Gasteiger partial charge on any atom is 0.325 e. The van der Waals surface area contributed by atoms with E-state index in [4.69, 9.17) is 8.94 Å². The average molecular weight is 325 g/mol. The first-order valence-electron chi connectivity index (χ1n) is 7.53. The highest BCUT2D eigenvalue weighted by molar-refractivity contribution is 6.07. The SMILES string of the molecule is Cc1cc(CN2C(=O)N[C@@](C)(c3cc4ccccc4o3)C2=O)on1. The van der Waals surface area contributed by atoms with E-state index in [0.717, 1.165) is 10.3 Å². The van der Waals surface area contributed by atoms with E-state index >= 15 is 0 Å². The van der Waals surface area contributed by atoms with Crippen LogP contribution in [-0.2, 0) is 16.9 Å². The summed E-state index contributed by atoms with van der Waals surface area (Å²) in [5.74, 6) is 0.462. The van der Waals surface area contributed by atoms with Gasteiger partial charge in [0.2, 0.25) is 0 Å². The Morgan fingerprint density at radius 2 is 2.04 bits per heavy atom. The van der Waals surface area contributed by atoms with Crippen LogP contribution in [0.15, 0.2) is 45.3 Å². The molecule has 122 valence electrons. The van der Waals surface area contributed by atoms with Gasteiger partial charge in [-0.2, -0.15) is 0 Å². The van der Waals surface area contributed by atoms with E-state index in [1.54, 1.807) is 26.0 Å². The van der Waals surface area contributed by atoms with Crippen molar-refractivity contribution in [3.63, 3.8) is 0 Å². The number of rotatable bonds is 3. The second-order valence-corrected chi connectivity index (χ2v) is 6.03. The smallest absolute Gasteiger partial charge is 0.325 e. The van der Waals surface area contributed by atoms with Gasteiger partial charge in [0.25, 0.3) is 5.91 Å². The van der Waals surface area contributed by atoms with Gasteiger partial charge in [-0.15, -0.1) is 0 Å². The standard InChI is InChI=1S/C17H15N3O4/c1-10-7-12(24-19-10)9-20-15(21)17(2,18-16(20)22)14-8-11-5-3-4-6-13(11)23-14/h3-8H,9H2,1-2H3,(H,18,22)/t17-/m0/s1. The molecule has 2 aromatic heterocycles. The molecule has 3 aromatic rings. The number of para-hydroxylation sites is 1. The number of benzene rings is 1. The summed E-state index contributed by atoms with van der Waals surface area (Å²) in [6, 6.07) is 10.4. The Bertz CT molecular complexity index is 925. The number of carbonyl (C=O) groups is 2. The highest BCUT2D eigenvalue weighted by Gasteiger charge is 2.51. The molecule has 1 fully saturated rings. The number of imide groups is 1. The van der Waals surface area contributed by atoms with E-state index in [-0.39, 0.29) is 12.5 Å². The van der Waals surface area contributed by atoms with Crippen molar-refractivity contribution in [3.05, 3.63) is 53.6 Å². The molecule has 24 heavy (non-hydrogen) atoms. The van der Waals surface area contributed by atoms with E-state index in [2.05, 4.69) is 10.5 Å². The van der Waals surface area contributed by atoms with Gasteiger partial charge in [-0.1, -0.05) is 23.4 Å². The molecule has 3 amide bonds. The lowest BCUT2D eigenvalue weighted by Gasteiger charge is -2.18. The van der Waals surface area contributed by atoms with Crippen molar-refractivity contribution in [1.82, 2.24) is 15.4 Å². The van der Waals surface area contributed by atoms with Gasteiger partial charge in [0.1, 0.15) is 11.3 Å². The molecule has 3 heterocycles. The van der Waals surface area contributed by atoms with Crippen molar-refractivity contribution in [1.29, 1.82) is 0 Å². The fourth-order valence-electron chi connectivity index (χ4n) is 2.88. The van der Waals surface area contributed by atoms with Crippen LogP contribution in [0.1, 0.15) is 24.1 Å². The molecular formula is C17H15N3O4. The first-order chi connectivity index (χ1) is 11.5. The predicted octanol–water partition coefficient (Wildman–Crippen LogP) is 2.70. The predicted molar refractivity (Wildman–Crippen MR) is 83.9 cm³/mol. The number of furan rings is 1. The third kappa shape index (κ3) is 2.09. The number of aromatic nitrogens is 1. The molecule has 0 spiro atoms. The minimum absolute atomic E-state index is 0.0291. The number of amides is 3. The van der Waals surface area contributed by atoms with E-state index in [9.17, 15) is 9.59 Å². The number of fused-ring (bicyclic) bond motifs is 1. The molecule has 1 aliphatic heterocycles. The number of carbonyl (C=O) groups excluding carboxylic acids is 2. The first-order valence-corrected chi connectivity index (χ1v) is 7.53. The molecule has 0 bridgehead atoms. The Morgan fingerprint density at radius 1 is 1.25 bits per heavy atom. The number of urea groups is 1. The highest BCUT2D eigenvalue weighted by atomic mass is 16.5. The van der Waals surface area contributed by atoms with Crippen molar-refractivity contribution in [2.75, 3.05) is 0 Å². The Balaban J connectivity index is 1.68. The van der Waals surface area contributed by atoms with Gasteiger partial charge >= 0.3 is 6.03 Å². The zero-order chi connectivity index (χ0) is 16.9. The zero-order valence-corrected chi connectivity index (χ0v) is 13.2. The van der Waals surface area contributed by atoms with Crippen LogP contribution >= 0.6 is 0 Å². The molecule has 0 saturated carbocycles. The topological polar surface area (TPSA) is 88.6 Å². The molecule has 0 radical (unpaired) electrons. The van der Waals surface area contributed by atoms with Crippen molar-refractivity contribution in [2.45, 2.75) is 25.9 Å². The summed E-state index contributed by atoms with van der Waals surface area (Å²) in [5.41, 5.74) is 0.114. The molecule has 0 aliphatic carbocycles. The summed E-state index contributed by atoms with van der Waals surface area (Å²) in [7, 11) is 0. The maximum absolute atomic E-state index is 12.8. The van der Waals surface area contributed by atoms with Gasteiger partial charge in [0.15, 0.2) is 11.3 Å². The normalized spacial score (nSPS) is 20.8. The summed E-state index contributed by atoms with van der Waals surface area (Å²) in [5, 5.41) is 7.36. The molecule has 7 nitrogen and oxygen atoms in total. The third-order valence-electron chi connectivity index (χ3n) is 4.18. The van der Waals surface area contributed by atoms with E-state index in [1.165, 1.54) is 0 Å². The minimum atomic E-state index is -1.24. The molecular weight excluding hydrogens is 310 g/mol. The van der Waals surface area contributed by atoms with Crippen LogP contribution in [-0.4, -0.2) is 22.0 Å². The molecule has 1 atom stereocenters. The van der Waals surface area contributed by atoms with Gasteiger partial charge in [-0.3, -0.25) is 9.69 Å². The van der Waals surface area contributed by atoms with Crippen LogP contribution < -0.4 is 5.32 Å². The van der Waals surface area contributed by atoms with Crippen LogP contribution in [0.4, 0.5) is 4.79 Å². The van der Waals surface area contributed by atoms with Crippen molar-refractivity contribution in [2.24, 2.45) is 0 Å². The minimum Gasteiger partial charge on any atom is -0.458 e. The second-order valence-electron chi connectivity index (χ2n) is 6.03. The number of aryl methyl sites for hydroxylation is 1. The Kier molecular flexibility index (Phi) is 2.99. The summed E-state index contributed by atoms with van der Waals surface area (Å²) >= 11 is 0. The third-order valence-corrected chi connectivity index (χ3v) is 4.18. The van der Waals surface area contributed by atoms with Crippen LogP contribution in [0.2, 0.25) is 0 Å². The molecule has 1 saturated heterocycles. The molecule has 1 aromatic carbocycles. The average Bonchev–Trinajstić information content (AvgIpc) is 3.22. The summed E-state index contributed by atoms with van der Waals surface area (Å²) in [4.78, 5) is 26.2. The van der Waals surface area contributed by atoms with Gasteiger partial charge in [0.05, 0.1) is 12.2 Å². The number of hydrogen-bond donors (Lipinski definition) is 1. The zero-order valence-electron chi connectivity index (χ0n) is 13.2. The molecule has 1 aliphatic rings. The second kappa shape index (κ2) is 4.95. The molecule has 1 N–H and O–H groups in total. The lowest BCUT2D eigenvalue weighted by molar-refractivity contribution is -0.132. The van der Waals surface area contributed by atoms with Crippen LogP contribution in [0.5, 0.6) is 0 Å². The van der Waals surface area contributed by atoms with Gasteiger partial charge in [0, 0.05) is 11.5 Å². The molecule has 0 unspecified atom stereocenters. The Morgan fingerprint density at radius 3 is 2.75 bits per heavy atom. The number of nitrogens with one attached hydrogen (secondary N) is 1. The highest BCUT2D eigenvalue weighted by Crippen LogP contribution is 2.33. The number of hydrogen-bond acceptors (Lipinski definition) is 5. The quantitative estimate of drug-likeness (QED) is 0.748. The van der Waals surface area contributed by atoms with Crippen LogP contribution in [0.3, 0.4) is 0 Å². The lowest BCUT2D eigenvalue weighted by Crippen LogP contribution is -2.40. The number of nitrogens with zero attached hydrogens (tertiary/aromatic N) is 2. The van der Waals surface area contributed by atoms with E-state index in [0.29, 0.717) is 22.8 Å². The maximum atomic E-state index is 12.8. The lowest BCUT2D eigenvalue weighted by atomic mass is 9.99. The van der Waals surface area contributed by atoms with Crippen LogP contribution in [0, 0.1) is 6.92 Å². The van der Waals surface area contributed by atoms with Crippen molar-refractivity contribution in [3.8, 4) is 0 Å². The summed E-state index contributed by atoms with van der Waals surface area (Å²) < 4.78 is 10.9. The summed E-state index contributed by atoms with van der Waals surface area (Å²) in [6.45, 7) is 3.44. The monoisotopic (exact) mass is 325 g/mol. The van der Waals surface area contributed by atoms with Crippen molar-refractivity contribution >= 4 is 22.9 Å². The molecule has 4 rings (SSSR count). The first kappa shape index (κ1) is 14.5. The van der Waals surface area contributed by atoms with E-state index in [1.807, 2.05) is 24.3 Å². The van der Waals surface area contributed by atoms with Crippen LogP contribution in [0.25, 0.3) is 11.0 Å². The fraction of sp³-hybridized carbons (Fsp3) is 0.235. The van der Waals surface area contributed by atoms with Crippen molar-refractivity contribution < 1.29 is 18.5 Å². The van der Waals surface area contributed by atoms with Gasteiger partial charge in [-0.05, 0) is 26.0 Å². The Labute approximate surface area is 137 Å². The van der Waals surface area contributed by atoms with E-state index < -0.39 is 11.6 Å². The largest absolute Gasteiger partial charge is 0.458 e. The van der Waals surface area contributed by atoms with Gasteiger partial charge < -0.3 is 14.3 Å².